The summed E-state index contributed by atoms with van der Waals surface area (Å²) in [6, 6.07) is 5.06. The molecule has 1 aromatic heterocycles. The highest BCUT2D eigenvalue weighted by molar-refractivity contribution is 7.64. The van der Waals surface area contributed by atoms with E-state index in [1.54, 1.807) is 0 Å². The quantitative estimate of drug-likeness (QED) is 0.112. The largest absolute Gasteiger partial charge is 0.696 e. The molecule has 1 saturated heterocycles. The Bertz CT molecular complexity index is 572. The van der Waals surface area contributed by atoms with E-state index in [4.69, 9.17) is 5.26 Å². The molecule has 31 heavy (non-hydrogen) atoms. The Kier molecular flexibility index (Phi) is 16.5. The van der Waals surface area contributed by atoms with Gasteiger partial charge in [0.1, 0.15) is 6.04 Å². The van der Waals surface area contributed by atoms with Gasteiger partial charge in [-0.3, -0.25) is 4.98 Å². The van der Waals surface area contributed by atoms with Crippen LogP contribution in [0.4, 0.5) is 0 Å². The first kappa shape index (κ1) is 27.9. The summed E-state index contributed by atoms with van der Waals surface area (Å²) in [4.78, 5) is 4.36. The van der Waals surface area contributed by atoms with Gasteiger partial charge in [-0.15, -0.1) is 0 Å². The predicted octanol–water partition coefficient (Wildman–Crippen LogP) is 7.86. The molecule has 0 aliphatic carbocycles. The van der Waals surface area contributed by atoms with E-state index in [9.17, 15) is 0 Å². The number of nitriles is 1. The van der Waals surface area contributed by atoms with Gasteiger partial charge in [0.05, 0.1) is 20.1 Å². The number of unbranched alkanes of at least 4 members (excludes halogenated alkanes) is 13. The molecule has 2 rings (SSSR count). The van der Waals surface area contributed by atoms with Gasteiger partial charge < -0.3 is 17.1 Å². The van der Waals surface area contributed by atoms with Crippen LogP contribution in [0.1, 0.15) is 121 Å². The van der Waals surface area contributed by atoms with Gasteiger partial charge in [0.25, 0.3) is 0 Å². The summed E-state index contributed by atoms with van der Waals surface area (Å²) in [5.41, 5.74) is 1.45. The van der Waals surface area contributed by atoms with Crippen LogP contribution in [0, 0.1) is 10.7 Å². The first-order chi connectivity index (χ1) is 15.2. The number of hydrogen-bond donors (Lipinski definition) is 0. The molecule has 1 aliphatic rings. The third-order valence-electron chi connectivity index (χ3n) is 6.99. The molecule has 0 amide bonds. The normalized spacial score (nSPS) is 20.1. The molecule has 2 heterocycles. The number of quaternary nitrogens is 1. The average Bonchev–Trinajstić information content (AvgIpc) is 3.16. The molecule has 0 saturated carbocycles. The van der Waals surface area contributed by atoms with Gasteiger partial charge in [-0.1, -0.05) is 95.4 Å². The zero-order valence-corrected chi connectivity index (χ0v) is 21.2. The number of thiocyanates is 1. The Morgan fingerprint density at radius 3 is 1.97 bits per heavy atom. The van der Waals surface area contributed by atoms with Crippen LogP contribution in [0.25, 0.3) is 0 Å². The van der Waals surface area contributed by atoms with Gasteiger partial charge in [0.2, 0.25) is 0 Å². The molecule has 1 fully saturated rings. The predicted molar refractivity (Wildman–Crippen MR) is 135 cm³/mol. The SMILES string of the molecule is CCCCCCCCCCCCCCCC[N+]1(C)CCCC1c1cccnc1.N#C[S-]. The van der Waals surface area contributed by atoms with Crippen molar-refractivity contribution >= 4 is 12.6 Å². The van der Waals surface area contributed by atoms with Crippen molar-refractivity contribution in [2.75, 3.05) is 20.1 Å². The van der Waals surface area contributed by atoms with Gasteiger partial charge in [-0.25, -0.2) is 5.26 Å². The van der Waals surface area contributed by atoms with E-state index in [1.807, 2.05) is 6.20 Å². The van der Waals surface area contributed by atoms with Gasteiger partial charge in [-0.2, -0.15) is 0 Å². The zero-order valence-electron chi connectivity index (χ0n) is 20.4. The number of likely N-dealkylation sites (tertiary alicyclic amines) is 1. The summed E-state index contributed by atoms with van der Waals surface area (Å²) in [6.45, 7) is 4.99. The van der Waals surface area contributed by atoms with E-state index in [-0.39, 0.29) is 0 Å². The Morgan fingerprint density at radius 2 is 1.48 bits per heavy atom. The number of pyridine rings is 1. The van der Waals surface area contributed by atoms with Crippen molar-refractivity contribution in [2.45, 2.75) is 116 Å². The zero-order chi connectivity index (χ0) is 22.6. The molecule has 2 atom stereocenters. The van der Waals surface area contributed by atoms with Gasteiger partial charge >= 0.3 is 0 Å². The van der Waals surface area contributed by atoms with Crippen molar-refractivity contribution in [3.05, 3.63) is 30.1 Å². The summed E-state index contributed by atoms with van der Waals surface area (Å²) in [5.74, 6) is 0. The van der Waals surface area contributed by atoms with Crippen LogP contribution in [0.2, 0.25) is 0 Å². The Balaban J connectivity index is 0.00000151. The number of aromatic nitrogens is 1. The first-order valence-electron chi connectivity index (χ1n) is 12.9. The number of rotatable bonds is 16. The maximum absolute atomic E-state index is 7.13. The fraction of sp³-hybridized carbons (Fsp3) is 0.778. The fourth-order valence-electron chi connectivity index (χ4n) is 5.15. The number of nitrogens with zero attached hydrogens (tertiary/aromatic N) is 3. The summed E-state index contributed by atoms with van der Waals surface area (Å²) in [5, 5.41) is 8.47. The molecule has 0 bridgehead atoms. The Labute approximate surface area is 198 Å². The first-order valence-corrected chi connectivity index (χ1v) is 13.3. The third kappa shape index (κ3) is 12.4. The molecular weight excluding hydrogens is 398 g/mol. The van der Waals surface area contributed by atoms with E-state index >= 15 is 0 Å². The van der Waals surface area contributed by atoms with Gasteiger partial charge in [-0.05, 0) is 18.9 Å². The second kappa shape index (κ2) is 18.4. The molecule has 4 heteroatoms. The van der Waals surface area contributed by atoms with Crippen LogP contribution < -0.4 is 0 Å². The molecule has 1 aromatic rings. The topological polar surface area (TPSA) is 36.7 Å². The molecule has 1 aliphatic heterocycles. The van der Waals surface area contributed by atoms with E-state index in [0.29, 0.717) is 6.04 Å². The lowest BCUT2D eigenvalue weighted by Crippen LogP contribution is -2.43. The molecule has 0 N–H and O–H groups in total. The second-order valence-corrected chi connectivity index (χ2v) is 9.74. The molecule has 3 nitrogen and oxygen atoms in total. The van der Waals surface area contributed by atoms with Crippen LogP contribution in [-0.2, 0) is 12.6 Å². The van der Waals surface area contributed by atoms with E-state index < -0.39 is 0 Å². The van der Waals surface area contributed by atoms with Crippen LogP contribution in [0.3, 0.4) is 0 Å². The van der Waals surface area contributed by atoms with Crippen LogP contribution >= 0.6 is 0 Å². The van der Waals surface area contributed by atoms with Gasteiger partial charge in [0, 0.05) is 30.8 Å². The highest BCUT2D eigenvalue weighted by Gasteiger charge is 2.38. The molecule has 0 aromatic carbocycles. The fourth-order valence-corrected chi connectivity index (χ4v) is 5.15. The van der Waals surface area contributed by atoms with Crippen molar-refractivity contribution in [1.29, 1.82) is 5.26 Å². The smallest absolute Gasteiger partial charge is 0.116 e. The lowest BCUT2D eigenvalue weighted by atomic mass is 10.0. The Morgan fingerprint density at radius 1 is 0.968 bits per heavy atom. The minimum atomic E-state index is 0.677. The highest BCUT2D eigenvalue weighted by Crippen LogP contribution is 2.37. The molecular formula is C27H47N3S. The van der Waals surface area contributed by atoms with Crippen molar-refractivity contribution < 1.29 is 4.48 Å². The van der Waals surface area contributed by atoms with E-state index in [0.717, 1.165) is 0 Å². The number of hydrogen-bond acceptors (Lipinski definition) is 3. The summed E-state index contributed by atoms with van der Waals surface area (Å²) >= 11 is 3.70. The summed E-state index contributed by atoms with van der Waals surface area (Å²) < 4.78 is 1.24. The Hall–Kier alpha value is -1.18. The minimum Gasteiger partial charge on any atom is -0.696 e. The van der Waals surface area contributed by atoms with E-state index in [1.165, 1.54) is 131 Å². The molecule has 176 valence electrons. The van der Waals surface area contributed by atoms with Crippen molar-refractivity contribution in [1.82, 2.24) is 4.98 Å². The maximum Gasteiger partial charge on any atom is 0.116 e. The molecule has 0 spiro atoms. The van der Waals surface area contributed by atoms with Crippen LogP contribution in [-0.4, -0.2) is 29.6 Å². The van der Waals surface area contributed by atoms with Crippen molar-refractivity contribution in [2.24, 2.45) is 0 Å². The molecule has 0 radical (unpaired) electrons. The lowest BCUT2D eigenvalue weighted by molar-refractivity contribution is -0.927. The summed E-state index contributed by atoms with van der Waals surface area (Å²) in [7, 11) is 2.48. The molecule has 2 unspecified atom stereocenters. The van der Waals surface area contributed by atoms with Crippen molar-refractivity contribution in [3.63, 3.8) is 0 Å². The van der Waals surface area contributed by atoms with Crippen molar-refractivity contribution in [3.8, 4) is 5.40 Å². The van der Waals surface area contributed by atoms with Crippen LogP contribution in [0.5, 0.6) is 0 Å². The van der Waals surface area contributed by atoms with Crippen LogP contribution in [0.15, 0.2) is 24.5 Å². The second-order valence-electron chi connectivity index (χ2n) is 9.56. The minimum absolute atomic E-state index is 0.677. The third-order valence-corrected chi connectivity index (χ3v) is 6.99. The standard InChI is InChI=1S/C26H47N2.CHNS/c1-3-4-5-6-7-8-9-10-11-12-13-14-15-16-22-28(2)23-18-20-26(28)25-19-17-21-27-24-25;2-1-3/h17,19,21,24,26H,3-16,18,20,22-23H2,1-2H3;3H/q+1;/p-1. The van der Waals surface area contributed by atoms with E-state index in [2.05, 4.69) is 49.9 Å². The lowest BCUT2D eigenvalue weighted by Gasteiger charge is -2.36. The highest BCUT2D eigenvalue weighted by atomic mass is 32.1. The monoisotopic (exact) mass is 445 g/mol. The van der Waals surface area contributed by atoms with Gasteiger partial charge in [0.15, 0.2) is 0 Å². The summed E-state index contributed by atoms with van der Waals surface area (Å²) in [6.07, 6.45) is 26.9. The average molecular weight is 446 g/mol. The maximum atomic E-state index is 7.13.